The molecule has 0 amide bonds. The molecule has 0 aliphatic carbocycles. The van der Waals surface area contributed by atoms with Crippen molar-refractivity contribution in [3.05, 3.63) is 30.3 Å². The summed E-state index contributed by atoms with van der Waals surface area (Å²) in [5.41, 5.74) is -0.681. The molecule has 0 N–H and O–H groups in total. The van der Waals surface area contributed by atoms with Gasteiger partial charge in [-0.25, -0.2) is 0 Å². The molecule has 1 aromatic carbocycles. The maximum Gasteiger partial charge on any atom is 0.551 e. The van der Waals surface area contributed by atoms with E-state index in [1.807, 2.05) is 58.0 Å². The van der Waals surface area contributed by atoms with Crippen molar-refractivity contribution in [1.82, 2.24) is 0 Å². The fraction of sp³-hybridized carbons (Fsp3) is 0.467. The molecule has 1 heterocycles. The van der Waals surface area contributed by atoms with Crippen LogP contribution in [0.25, 0.3) is 0 Å². The van der Waals surface area contributed by atoms with Crippen LogP contribution in [-0.2, 0) is 9.31 Å². The molecule has 0 spiro atoms. The first-order chi connectivity index (χ1) is 8.91. The van der Waals surface area contributed by atoms with Crippen molar-refractivity contribution in [2.24, 2.45) is 0 Å². The maximum absolute atomic E-state index is 5.76. The number of ether oxygens (including phenoxy) is 1. The first-order valence-corrected chi connectivity index (χ1v) is 6.43. The third-order valence-electron chi connectivity index (χ3n) is 3.53. The zero-order valence-electron chi connectivity index (χ0n) is 11.9. The van der Waals surface area contributed by atoms with Gasteiger partial charge in [-0.05, 0) is 39.8 Å². The minimum absolute atomic E-state index is 0.327. The first kappa shape index (κ1) is 14.0. The Labute approximate surface area is 115 Å². The molecule has 1 aliphatic rings. The molecule has 1 aliphatic heterocycles. The van der Waals surface area contributed by atoms with Crippen LogP contribution in [0.15, 0.2) is 30.3 Å². The zero-order valence-corrected chi connectivity index (χ0v) is 11.9. The summed E-state index contributed by atoms with van der Waals surface area (Å²) in [5, 5.41) is 0. The average molecular weight is 258 g/mol. The van der Waals surface area contributed by atoms with Gasteiger partial charge < -0.3 is 14.0 Å². The van der Waals surface area contributed by atoms with Gasteiger partial charge in [0.1, 0.15) is 12.4 Å². The zero-order chi connectivity index (χ0) is 13.9. The van der Waals surface area contributed by atoms with E-state index in [9.17, 15) is 0 Å². The van der Waals surface area contributed by atoms with E-state index in [-0.39, 0.29) is 11.2 Å². The van der Waals surface area contributed by atoms with Crippen molar-refractivity contribution in [2.45, 2.75) is 38.9 Å². The topological polar surface area (TPSA) is 27.7 Å². The van der Waals surface area contributed by atoms with Gasteiger partial charge in [-0.1, -0.05) is 29.9 Å². The Morgan fingerprint density at radius 2 is 1.63 bits per heavy atom. The molecular weight excluding hydrogens is 239 g/mol. The normalized spacial score (nSPS) is 19.7. The number of rotatable bonds is 2. The lowest BCUT2D eigenvalue weighted by molar-refractivity contribution is 0.00578. The highest BCUT2D eigenvalue weighted by molar-refractivity contribution is 6.55. The van der Waals surface area contributed by atoms with E-state index in [4.69, 9.17) is 14.0 Å². The molecule has 4 heteroatoms. The van der Waals surface area contributed by atoms with Crippen molar-refractivity contribution < 1.29 is 14.0 Å². The quantitative estimate of drug-likeness (QED) is 0.603. The van der Waals surface area contributed by atoms with Crippen molar-refractivity contribution in [3.8, 4) is 17.5 Å². The first-order valence-electron chi connectivity index (χ1n) is 6.43. The Hall–Kier alpha value is -1.44. The highest BCUT2D eigenvalue weighted by Gasteiger charge is 2.50. The Balaban J connectivity index is 1.86. The van der Waals surface area contributed by atoms with Gasteiger partial charge in [-0.2, -0.15) is 0 Å². The number of para-hydroxylation sites is 1. The third-order valence-corrected chi connectivity index (χ3v) is 3.53. The average Bonchev–Trinajstić information content (AvgIpc) is 2.55. The Bertz CT molecular complexity index is 469. The summed E-state index contributed by atoms with van der Waals surface area (Å²) in [4.78, 5) is 0. The fourth-order valence-electron chi connectivity index (χ4n) is 1.66. The molecule has 0 bridgehead atoms. The molecule has 1 aromatic rings. The van der Waals surface area contributed by atoms with E-state index in [1.54, 1.807) is 0 Å². The second-order valence-electron chi connectivity index (χ2n) is 5.51. The molecule has 2 rings (SSSR count). The van der Waals surface area contributed by atoms with Crippen molar-refractivity contribution >= 4 is 7.12 Å². The molecule has 0 saturated carbocycles. The Kier molecular flexibility index (Phi) is 3.89. The molecule has 0 unspecified atom stereocenters. The van der Waals surface area contributed by atoms with Crippen LogP contribution < -0.4 is 4.74 Å². The van der Waals surface area contributed by atoms with E-state index in [0.29, 0.717) is 6.61 Å². The van der Waals surface area contributed by atoms with Gasteiger partial charge in [0.15, 0.2) is 0 Å². The lowest BCUT2D eigenvalue weighted by atomic mass is 9.90. The predicted octanol–water partition coefficient (Wildman–Crippen LogP) is 2.70. The van der Waals surface area contributed by atoms with Gasteiger partial charge in [0.25, 0.3) is 0 Å². The van der Waals surface area contributed by atoms with Crippen LogP contribution in [0, 0.1) is 11.7 Å². The van der Waals surface area contributed by atoms with E-state index in [1.165, 1.54) is 0 Å². The largest absolute Gasteiger partial charge is 0.551 e. The van der Waals surface area contributed by atoms with Crippen molar-refractivity contribution in [3.63, 3.8) is 0 Å². The van der Waals surface area contributed by atoms with Crippen LogP contribution in [0.5, 0.6) is 5.75 Å². The minimum atomic E-state index is -0.482. The van der Waals surface area contributed by atoms with E-state index in [2.05, 4.69) is 11.7 Å². The minimum Gasteiger partial charge on any atom is -0.481 e. The molecular formula is C15H19BO3. The van der Waals surface area contributed by atoms with E-state index in [0.717, 1.165) is 5.75 Å². The summed E-state index contributed by atoms with van der Waals surface area (Å²) in [7, 11) is -0.482. The molecule has 0 atom stereocenters. The van der Waals surface area contributed by atoms with Gasteiger partial charge in [-0.3, -0.25) is 0 Å². The van der Waals surface area contributed by atoms with Crippen LogP contribution in [0.3, 0.4) is 0 Å². The summed E-state index contributed by atoms with van der Waals surface area (Å²) in [5.74, 6) is 6.68. The lowest BCUT2D eigenvalue weighted by Crippen LogP contribution is -2.41. The highest BCUT2D eigenvalue weighted by Crippen LogP contribution is 2.36. The summed E-state index contributed by atoms with van der Waals surface area (Å²) in [6, 6.07) is 9.60. The summed E-state index contributed by atoms with van der Waals surface area (Å²) >= 11 is 0. The van der Waals surface area contributed by atoms with Gasteiger partial charge in [0.2, 0.25) is 0 Å². The second kappa shape index (κ2) is 5.28. The molecule has 1 saturated heterocycles. The van der Waals surface area contributed by atoms with Crippen LogP contribution >= 0.6 is 0 Å². The van der Waals surface area contributed by atoms with E-state index < -0.39 is 7.12 Å². The number of hydrogen-bond donors (Lipinski definition) is 0. The summed E-state index contributed by atoms with van der Waals surface area (Å²) in [6.45, 7) is 8.36. The van der Waals surface area contributed by atoms with Crippen molar-refractivity contribution in [2.75, 3.05) is 6.61 Å². The smallest absolute Gasteiger partial charge is 0.481 e. The molecule has 1 fully saturated rings. The Morgan fingerprint density at radius 1 is 1.05 bits per heavy atom. The summed E-state index contributed by atoms with van der Waals surface area (Å²) in [6.07, 6.45) is 0. The molecule has 100 valence electrons. The van der Waals surface area contributed by atoms with Gasteiger partial charge in [-0.15, -0.1) is 0 Å². The van der Waals surface area contributed by atoms with Crippen LogP contribution in [-0.4, -0.2) is 24.9 Å². The maximum atomic E-state index is 5.76. The molecule has 0 aromatic heterocycles. The molecule has 3 nitrogen and oxygen atoms in total. The fourth-order valence-corrected chi connectivity index (χ4v) is 1.66. The van der Waals surface area contributed by atoms with Crippen molar-refractivity contribution in [1.29, 1.82) is 0 Å². The standard InChI is InChI=1S/C15H19BO3/c1-14(2)15(3,4)19-16(18-14)11-8-12-17-13-9-6-5-7-10-13/h5-7,9-10H,12H2,1-4H3. The molecule has 19 heavy (non-hydrogen) atoms. The molecule has 0 radical (unpaired) electrons. The highest BCUT2D eigenvalue weighted by atomic mass is 16.7. The van der Waals surface area contributed by atoms with Crippen LogP contribution in [0.4, 0.5) is 0 Å². The summed E-state index contributed by atoms with van der Waals surface area (Å²) < 4.78 is 17.0. The number of benzene rings is 1. The monoisotopic (exact) mass is 258 g/mol. The lowest BCUT2D eigenvalue weighted by Gasteiger charge is -2.32. The van der Waals surface area contributed by atoms with E-state index >= 15 is 0 Å². The number of hydrogen-bond acceptors (Lipinski definition) is 3. The van der Waals surface area contributed by atoms with Crippen LogP contribution in [0.2, 0.25) is 0 Å². The third kappa shape index (κ3) is 3.31. The SMILES string of the molecule is CC1(C)OB(C#CCOc2ccccc2)OC1(C)C. The van der Waals surface area contributed by atoms with Gasteiger partial charge >= 0.3 is 7.12 Å². The van der Waals surface area contributed by atoms with Crippen LogP contribution in [0.1, 0.15) is 27.7 Å². The van der Waals surface area contributed by atoms with Gasteiger partial charge in [0, 0.05) is 0 Å². The van der Waals surface area contributed by atoms with Gasteiger partial charge in [0.05, 0.1) is 11.2 Å². The Morgan fingerprint density at radius 3 is 2.21 bits per heavy atom. The predicted molar refractivity (Wildman–Crippen MR) is 75.8 cm³/mol. The second-order valence-corrected chi connectivity index (χ2v) is 5.51.